The quantitative estimate of drug-likeness (QED) is 0.785. The molecule has 2 aliphatic rings. The Balaban J connectivity index is 0.00000144. The van der Waals surface area contributed by atoms with Crippen molar-refractivity contribution >= 4 is 18.3 Å². The molecule has 0 spiro atoms. The molecular formula is C11H19ClF2N2O. The third kappa shape index (κ3) is 3.28. The number of nitrogens with zero attached hydrogens (tertiary/aromatic N) is 1. The number of alkyl halides is 2. The number of hydrogen-bond acceptors (Lipinski definition) is 2. The van der Waals surface area contributed by atoms with Crippen molar-refractivity contribution in [1.29, 1.82) is 0 Å². The second-order valence-electron chi connectivity index (χ2n) is 5.67. The third-order valence-electron chi connectivity index (χ3n) is 3.40. The highest BCUT2D eigenvalue weighted by Crippen LogP contribution is 2.31. The normalized spacial score (nSPS) is 30.1. The summed E-state index contributed by atoms with van der Waals surface area (Å²) in [6, 6.07) is -0.691. The Bertz CT molecular complexity index is 282. The summed E-state index contributed by atoms with van der Waals surface area (Å²) in [6.45, 7) is 5.18. The first-order valence-corrected chi connectivity index (χ1v) is 5.69. The lowest BCUT2D eigenvalue weighted by Gasteiger charge is -2.22. The van der Waals surface area contributed by atoms with E-state index < -0.39 is 12.0 Å². The Labute approximate surface area is 106 Å². The van der Waals surface area contributed by atoms with Crippen LogP contribution in [0.4, 0.5) is 8.78 Å². The van der Waals surface area contributed by atoms with Crippen molar-refractivity contribution in [2.75, 3.05) is 19.6 Å². The van der Waals surface area contributed by atoms with E-state index in [2.05, 4.69) is 19.2 Å². The van der Waals surface area contributed by atoms with E-state index in [0.717, 1.165) is 6.42 Å². The van der Waals surface area contributed by atoms with E-state index >= 15 is 0 Å². The maximum absolute atomic E-state index is 13.0. The minimum atomic E-state index is -2.73. The molecule has 0 aromatic carbocycles. The number of amides is 1. The molecule has 0 aromatic rings. The largest absolute Gasteiger partial charge is 0.341 e. The maximum atomic E-state index is 13.0. The van der Waals surface area contributed by atoms with E-state index in [9.17, 15) is 13.6 Å². The van der Waals surface area contributed by atoms with Crippen molar-refractivity contribution in [2.45, 2.75) is 38.7 Å². The molecule has 1 atom stereocenters. The van der Waals surface area contributed by atoms with Gasteiger partial charge in [-0.3, -0.25) is 10.1 Å². The zero-order valence-corrected chi connectivity index (χ0v) is 10.9. The second-order valence-corrected chi connectivity index (χ2v) is 5.67. The summed E-state index contributed by atoms with van der Waals surface area (Å²) in [5.74, 6) is -2.89. The van der Waals surface area contributed by atoms with E-state index in [-0.39, 0.29) is 36.7 Å². The molecule has 1 unspecified atom stereocenters. The molecule has 2 aliphatic heterocycles. The van der Waals surface area contributed by atoms with Gasteiger partial charge < -0.3 is 4.90 Å². The van der Waals surface area contributed by atoms with Crippen LogP contribution in [-0.2, 0) is 4.79 Å². The molecule has 2 fully saturated rings. The molecule has 6 heteroatoms. The Morgan fingerprint density at radius 2 is 2.06 bits per heavy atom. The lowest BCUT2D eigenvalue weighted by Crippen LogP contribution is -2.42. The van der Waals surface area contributed by atoms with Crippen LogP contribution in [0.1, 0.15) is 26.7 Å². The molecule has 2 heterocycles. The van der Waals surface area contributed by atoms with Crippen molar-refractivity contribution < 1.29 is 13.6 Å². The van der Waals surface area contributed by atoms with Crippen LogP contribution in [0.25, 0.3) is 0 Å². The number of hydrogen-bond donors (Lipinski definition) is 1. The summed E-state index contributed by atoms with van der Waals surface area (Å²) in [5, 5.41) is 2.61. The van der Waals surface area contributed by atoms with Crippen LogP contribution < -0.4 is 5.32 Å². The zero-order valence-electron chi connectivity index (χ0n) is 10.1. The summed E-state index contributed by atoms with van der Waals surface area (Å²) < 4.78 is 25.9. The van der Waals surface area contributed by atoms with Crippen molar-refractivity contribution in [2.24, 2.45) is 5.41 Å². The predicted octanol–water partition coefficient (Wildman–Crippen LogP) is 1.66. The van der Waals surface area contributed by atoms with Gasteiger partial charge in [-0.1, -0.05) is 13.8 Å². The fourth-order valence-electron chi connectivity index (χ4n) is 2.41. The molecule has 0 aliphatic carbocycles. The van der Waals surface area contributed by atoms with Crippen molar-refractivity contribution in [3.8, 4) is 0 Å². The first-order chi connectivity index (χ1) is 7.29. The molecule has 17 heavy (non-hydrogen) atoms. The SMILES string of the molecule is CC1(C)CCN(C(=O)C2CC(F)(F)CN2)C1.Cl. The van der Waals surface area contributed by atoms with Crippen LogP contribution in [0.2, 0.25) is 0 Å². The van der Waals surface area contributed by atoms with E-state index in [0.29, 0.717) is 13.1 Å². The standard InChI is InChI=1S/C11H18F2N2O.ClH/c1-10(2)3-4-15(7-10)9(16)8-5-11(12,13)6-14-8;/h8,14H,3-7H2,1-2H3;1H. The van der Waals surface area contributed by atoms with Gasteiger partial charge in [-0.15, -0.1) is 12.4 Å². The highest BCUT2D eigenvalue weighted by atomic mass is 35.5. The van der Waals surface area contributed by atoms with E-state index in [4.69, 9.17) is 0 Å². The van der Waals surface area contributed by atoms with Gasteiger partial charge in [-0.05, 0) is 11.8 Å². The monoisotopic (exact) mass is 268 g/mol. The third-order valence-corrected chi connectivity index (χ3v) is 3.40. The van der Waals surface area contributed by atoms with Gasteiger partial charge in [0.25, 0.3) is 5.92 Å². The summed E-state index contributed by atoms with van der Waals surface area (Å²) >= 11 is 0. The molecule has 100 valence electrons. The van der Waals surface area contributed by atoms with Gasteiger partial charge in [0.15, 0.2) is 0 Å². The van der Waals surface area contributed by atoms with Gasteiger partial charge in [0, 0.05) is 19.5 Å². The van der Waals surface area contributed by atoms with E-state index in [1.54, 1.807) is 4.90 Å². The molecule has 0 bridgehead atoms. The fourth-order valence-corrected chi connectivity index (χ4v) is 2.41. The summed E-state index contributed by atoms with van der Waals surface area (Å²) in [4.78, 5) is 13.7. The number of halogens is 3. The lowest BCUT2D eigenvalue weighted by molar-refractivity contribution is -0.133. The van der Waals surface area contributed by atoms with Crippen molar-refractivity contribution in [1.82, 2.24) is 10.2 Å². The van der Waals surface area contributed by atoms with Gasteiger partial charge >= 0.3 is 0 Å². The Morgan fingerprint density at radius 1 is 1.41 bits per heavy atom. The molecule has 2 saturated heterocycles. The molecule has 1 N–H and O–H groups in total. The van der Waals surface area contributed by atoms with E-state index in [1.165, 1.54) is 0 Å². The summed E-state index contributed by atoms with van der Waals surface area (Å²) in [5.41, 5.74) is 0.122. The molecular weight excluding hydrogens is 250 g/mol. The van der Waals surface area contributed by atoms with Crippen LogP contribution in [0.15, 0.2) is 0 Å². The van der Waals surface area contributed by atoms with Crippen LogP contribution in [-0.4, -0.2) is 42.4 Å². The average Bonchev–Trinajstić information content (AvgIpc) is 2.68. The van der Waals surface area contributed by atoms with Crippen LogP contribution in [0.5, 0.6) is 0 Å². The zero-order chi connectivity index (χ0) is 12.0. The maximum Gasteiger partial charge on any atom is 0.262 e. The second kappa shape index (κ2) is 4.69. The molecule has 0 saturated carbocycles. The first-order valence-electron chi connectivity index (χ1n) is 5.69. The Kier molecular flexibility index (Phi) is 4.04. The van der Waals surface area contributed by atoms with Gasteiger partial charge in [0.2, 0.25) is 5.91 Å². The smallest absolute Gasteiger partial charge is 0.262 e. The number of nitrogens with one attached hydrogen (secondary N) is 1. The van der Waals surface area contributed by atoms with Crippen molar-refractivity contribution in [3.05, 3.63) is 0 Å². The Hall–Kier alpha value is -0.420. The topological polar surface area (TPSA) is 32.3 Å². The summed E-state index contributed by atoms with van der Waals surface area (Å²) in [7, 11) is 0. The number of carbonyl (C=O) groups is 1. The van der Waals surface area contributed by atoms with Gasteiger partial charge in [0.05, 0.1) is 12.6 Å². The number of rotatable bonds is 1. The van der Waals surface area contributed by atoms with Gasteiger partial charge in [-0.2, -0.15) is 0 Å². The number of carbonyl (C=O) groups excluding carboxylic acids is 1. The lowest BCUT2D eigenvalue weighted by atomic mass is 9.93. The van der Waals surface area contributed by atoms with Gasteiger partial charge in [-0.25, -0.2) is 8.78 Å². The van der Waals surface area contributed by atoms with Crippen molar-refractivity contribution in [3.63, 3.8) is 0 Å². The molecule has 0 aromatic heterocycles. The predicted molar refractivity (Wildman–Crippen MR) is 63.6 cm³/mol. The van der Waals surface area contributed by atoms with E-state index in [1.807, 2.05) is 0 Å². The fraction of sp³-hybridized carbons (Fsp3) is 0.909. The molecule has 3 nitrogen and oxygen atoms in total. The first kappa shape index (κ1) is 14.6. The summed E-state index contributed by atoms with van der Waals surface area (Å²) in [6.07, 6.45) is 0.588. The van der Waals surface area contributed by atoms with Crippen LogP contribution in [0.3, 0.4) is 0 Å². The van der Waals surface area contributed by atoms with Crippen LogP contribution in [0, 0.1) is 5.41 Å². The minimum absolute atomic E-state index is 0. The Morgan fingerprint density at radius 3 is 2.47 bits per heavy atom. The highest BCUT2D eigenvalue weighted by Gasteiger charge is 2.45. The average molecular weight is 269 g/mol. The highest BCUT2D eigenvalue weighted by molar-refractivity contribution is 5.85. The minimum Gasteiger partial charge on any atom is -0.341 e. The number of likely N-dealkylation sites (tertiary alicyclic amines) is 1. The van der Waals surface area contributed by atoms with Gasteiger partial charge in [0.1, 0.15) is 0 Å². The molecule has 1 amide bonds. The molecule has 2 rings (SSSR count). The molecule has 0 radical (unpaired) electrons. The van der Waals surface area contributed by atoms with Crippen LogP contribution >= 0.6 is 12.4 Å².